The summed E-state index contributed by atoms with van der Waals surface area (Å²) in [6.07, 6.45) is 0. The van der Waals surface area contributed by atoms with Crippen molar-refractivity contribution in [3.05, 3.63) is 65.5 Å². The monoisotopic (exact) mass is 384 g/mol. The molecule has 0 spiro atoms. The van der Waals surface area contributed by atoms with E-state index in [-0.39, 0.29) is 24.9 Å². The molecule has 140 valence electrons. The van der Waals surface area contributed by atoms with Crippen molar-refractivity contribution in [2.45, 2.75) is 17.9 Å². The molecular weight excluding hydrogens is 365 g/mol. The molecule has 1 aliphatic heterocycles. The Morgan fingerprint density at radius 2 is 1.58 bits per heavy atom. The Kier molecular flexibility index (Phi) is 5.36. The van der Waals surface area contributed by atoms with Crippen LogP contribution >= 0.6 is 0 Å². The van der Waals surface area contributed by atoms with Gasteiger partial charge < -0.3 is 0 Å². The maximum absolute atomic E-state index is 14.0. The second-order valence-corrected chi connectivity index (χ2v) is 8.12. The minimum atomic E-state index is -4.04. The molecule has 0 N–H and O–H groups in total. The summed E-state index contributed by atoms with van der Waals surface area (Å²) >= 11 is 0. The molecule has 1 fully saturated rings. The summed E-state index contributed by atoms with van der Waals surface area (Å²) in [7, 11) is -4.04. The Morgan fingerprint density at radius 1 is 0.923 bits per heavy atom. The molecule has 0 aromatic heterocycles. The predicted molar refractivity (Wildman–Crippen MR) is 91.5 cm³/mol. The minimum Gasteiger partial charge on any atom is -0.294 e. The third kappa shape index (κ3) is 3.62. The molecule has 26 heavy (non-hydrogen) atoms. The van der Waals surface area contributed by atoms with Crippen LogP contribution in [-0.4, -0.2) is 43.8 Å². The quantitative estimate of drug-likeness (QED) is 0.813. The lowest BCUT2D eigenvalue weighted by Gasteiger charge is -2.37. The van der Waals surface area contributed by atoms with Gasteiger partial charge in [-0.05, 0) is 25.1 Å². The van der Waals surface area contributed by atoms with Crippen LogP contribution in [0.5, 0.6) is 0 Å². The zero-order valence-electron chi connectivity index (χ0n) is 14.2. The van der Waals surface area contributed by atoms with E-state index in [0.29, 0.717) is 24.7 Å². The molecule has 2 aromatic carbocycles. The van der Waals surface area contributed by atoms with Crippen molar-refractivity contribution in [3.63, 3.8) is 0 Å². The number of hydrogen-bond acceptors (Lipinski definition) is 3. The zero-order valence-corrected chi connectivity index (χ0v) is 15.0. The number of sulfonamides is 1. The zero-order chi connectivity index (χ0) is 18.9. The van der Waals surface area contributed by atoms with E-state index in [9.17, 15) is 21.6 Å². The van der Waals surface area contributed by atoms with E-state index in [1.54, 1.807) is 18.2 Å². The smallest absolute Gasteiger partial charge is 0.246 e. The fraction of sp³-hybridized carbons (Fsp3) is 0.333. The van der Waals surface area contributed by atoms with Crippen LogP contribution in [0.25, 0.3) is 0 Å². The van der Waals surface area contributed by atoms with Gasteiger partial charge in [-0.1, -0.05) is 18.2 Å². The molecule has 0 saturated carbocycles. The van der Waals surface area contributed by atoms with Crippen molar-refractivity contribution in [3.8, 4) is 0 Å². The summed E-state index contributed by atoms with van der Waals surface area (Å²) in [5.41, 5.74) is 0.549. The van der Waals surface area contributed by atoms with Crippen LogP contribution in [0, 0.1) is 17.5 Å². The van der Waals surface area contributed by atoms with Gasteiger partial charge in [0.05, 0.1) is 0 Å². The second-order valence-electron chi connectivity index (χ2n) is 6.21. The Bertz CT molecular complexity index is 897. The van der Waals surface area contributed by atoms with E-state index in [1.807, 2.05) is 11.8 Å². The van der Waals surface area contributed by atoms with Crippen LogP contribution in [0.2, 0.25) is 0 Å². The van der Waals surface area contributed by atoms with Gasteiger partial charge in [-0.3, -0.25) is 4.90 Å². The molecule has 1 unspecified atom stereocenters. The highest BCUT2D eigenvalue weighted by molar-refractivity contribution is 7.89. The van der Waals surface area contributed by atoms with E-state index >= 15 is 0 Å². The van der Waals surface area contributed by atoms with Gasteiger partial charge in [-0.25, -0.2) is 21.6 Å². The average Bonchev–Trinajstić information content (AvgIpc) is 2.61. The minimum absolute atomic E-state index is 0.151. The van der Waals surface area contributed by atoms with E-state index in [2.05, 4.69) is 0 Å². The number of nitrogens with zero attached hydrogens (tertiary/aromatic N) is 2. The molecule has 0 amide bonds. The fourth-order valence-corrected chi connectivity index (χ4v) is 4.63. The van der Waals surface area contributed by atoms with Gasteiger partial charge in [0.1, 0.15) is 22.3 Å². The van der Waals surface area contributed by atoms with Gasteiger partial charge in [0, 0.05) is 43.9 Å². The highest BCUT2D eigenvalue weighted by atomic mass is 32.2. The van der Waals surface area contributed by atoms with Crippen molar-refractivity contribution in [2.24, 2.45) is 0 Å². The maximum atomic E-state index is 14.0. The molecule has 1 atom stereocenters. The Morgan fingerprint density at radius 3 is 2.19 bits per heavy atom. The summed E-state index contributed by atoms with van der Waals surface area (Å²) in [4.78, 5) is 1.44. The van der Waals surface area contributed by atoms with Crippen molar-refractivity contribution in [2.75, 3.05) is 26.2 Å². The Hall–Kier alpha value is -1.90. The normalized spacial score (nSPS) is 18.0. The topological polar surface area (TPSA) is 40.6 Å². The number of hydrogen-bond donors (Lipinski definition) is 0. The van der Waals surface area contributed by atoms with Gasteiger partial charge in [0.2, 0.25) is 10.0 Å². The molecule has 0 aliphatic carbocycles. The predicted octanol–water partition coefficient (Wildman–Crippen LogP) is 3.17. The molecule has 0 bridgehead atoms. The van der Waals surface area contributed by atoms with Crippen molar-refractivity contribution in [1.82, 2.24) is 9.21 Å². The number of halogens is 3. The molecule has 8 heteroatoms. The van der Waals surface area contributed by atoms with Crippen LogP contribution in [0.4, 0.5) is 13.2 Å². The first kappa shape index (κ1) is 18.9. The molecule has 3 rings (SSSR count). The lowest BCUT2D eigenvalue weighted by molar-refractivity contribution is 0.143. The van der Waals surface area contributed by atoms with Crippen molar-refractivity contribution in [1.29, 1.82) is 0 Å². The SMILES string of the molecule is CC(c1ccccc1F)N1CCN(S(=O)(=O)c2ccc(F)cc2F)CC1. The molecule has 1 heterocycles. The summed E-state index contributed by atoms with van der Waals surface area (Å²) < 4.78 is 67.2. The number of piperazine rings is 1. The van der Waals surface area contributed by atoms with Crippen molar-refractivity contribution < 1.29 is 21.6 Å². The molecule has 2 aromatic rings. The lowest BCUT2D eigenvalue weighted by Crippen LogP contribution is -2.49. The average molecular weight is 384 g/mol. The van der Waals surface area contributed by atoms with E-state index < -0.39 is 26.6 Å². The van der Waals surface area contributed by atoms with Gasteiger partial charge in [0.15, 0.2) is 0 Å². The molecule has 1 aliphatic rings. The molecule has 1 saturated heterocycles. The van der Waals surface area contributed by atoms with Crippen molar-refractivity contribution >= 4 is 10.0 Å². The van der Waals surface area contributed by atoms with Crippen LogP contribution in [-0.2, 0) is 10.0 Å². The molecule has 0 radical (unpaired) electrons. The first-order valence-corrected chi connectivity index (χ1v) is 9.68. The van der Waals surface area contributed by atoms with Crippen LogP contribution in [0.15, 0.2) is 47.4 Å². The van der Waals surface area contributed by atoms with Gasteiger partial charge in [0.25, 0.3) is 0 Å². The molecule has 4 nitrogen and oxygen atoms in total. The standard InChI is InChI=1S/C18H19F3N2O2S/c1-13(15-4-2-3-5-16(15)20)22-8-10-23(11-9-22)26(24,25)18-7-6-14(19)12-17(18)21/h2-7,12-13H,8-11H2,1H3. The van der Waals surface area contributed by atoms with Gasteiger partial charge in [-0.15, -0.1) is 0 Å². The number of benzene rings is 2. The van der Waals surface area contributed by atoms with Crippen LogP contribution < -0.4 is 0 Å². The molecular formula is C18H19F3N2O2S. The highest BCUT2D eigenvalue weighted by Crippen LogP contribution is 2.26. The first-order chi connectivity index (χ1) is 12.3. The summed E-state index contributed by atoms with van der Waals surface area (Å²) in [5, 5.41) is 0. The third-order valence-electron chi connectivity index (χ3n) is 4.69. The third-order valence-corrected chi connectivity index (χ3v) is 6.62. The first-order valence-electron chi connectivity index (χ1n) is 8.24. The van der Waals surface area contributed by atoms with Crippen LogP contribution in [0.1, 0.15) is 18.5 Å². The Labute approximate surface area is 150 Å². The lowest BCUT2D eigenvalue weighted by atomic mass is 10.1. The summed E-state index contributed by atoms with van der Waals surface area (Å²) in [5.74, 6) is -2.24. The summed E-state index contributed by atoms with van der Waals surface area (Å²) in [6.45, 7) is 2.94. The second kappa shape index (κ2) is 7.38. The van der Waals surface area contributed by atoms with Gasteiger partial charge >= 0.3 is 0 Å². The highest BCUT2D eigenvalue weighted by Gasteiger charge is 2.32. The van der Waals surface area contributed by atoms with E-state index in [1.165, 1.54) is 10.4 Å². The van der Waals surface area contributed by atoms with Gasteiger partial charge in [-0.2, -0.15) is 4.31 Å². The largest absolute Gasteiger partial charge is 0.294 e. The van der Waals surface area contributed by atoms with E-state index in [0.717, 1.165) is 12.1 Å². The Balaban J connectivity index is 1.73. The van der Waals surface area contributed by atoms with E-state index in [4.69, 9.17) is 0 Å². The summed E-state index contributed by atoms with van der Waals surface area (Å²) in [6, 6.07) is 8.69. The maximum Gasteiger partial charge on any atom is 0.246 e. The van der Waals surface area contributed by atoms with Crippen LogP contribution in [0.3, 0.4) is 0 Å². The number of rotatable bonds is 4. The fourth-order valence-electron chi connectivity index (χ4n) is 3.17.